The summed E-state index contributed by atoms with van der Waals surface area (Å²) in [5, 5.41) is 3.49. The first kappa shape index (κ1) is 12.9. The van der Waals surface area contributed by atoms with Crippen LogP contribution in [0.5, 0.6) is 5.75 Å². The Morgan fingerprint density at radius 3 is 3.00 bits per heavy atom. The summed E-state index contributed by atoms with van der Waals surface area (Å²) in [6, 6.07) is 9.12. The molecule has 0 saturated carbocycles. The first-order valence-corrected chi connectivity index (χ1v) is 7.30. The average Bonchev–Trinajstić information content (AvgIpc) is 2.79. The third kappa shape index (κ3) is 2.91. The molecule has 1 aliphatic carbocycles. The standard InChI is InChI=1S/C14H15N3O2S/c15-13-17-11-7-6-9(8-12(11)20-13)16-14(18)19-10-4-2-1-3-5-10/h1-5,9H,6-8H2,(H2,15,17)(H,16,18). The second kappa shape index (κ2) is 5.50. The number of nitrogens with zero attached hydrogens (tertiary/aromatic N) is 1. The van der Waals surface area contributed by atoms with Crippen LogP contribution in [0.3, 0.4) is 0 Å². The number of ether oxygens (including phenoxy) is 1. The Hall–Kier alpha value is -2.08. The number of aryl methyl sites for hydroxylation is 1. The number of hydrogen-bond donors (Lipinski definition) is 2. The van der Waals surface area contributed by atoms with E-state index < -0.39 is 6.09 Å². The SMILES string of the molecule is Nc1nc2c(s1)CC(NC(=O)Oc1ccccc1)CC2. The number of carbonyl (C=O) groups is 1. The summed E-state index contributed by atoms with van der Waals surface area (Å²) in [5.74, 6) is 0.545. The highest BCUT2D eigenvalue weighted by Gasteiger charge is 2.23. The Bertz CT molecular complexity index is 612. The molecule has 5 nitrogen and oxygen atoms in total. The number of amides is 1. The minimum absolute atomic E-state index is 0.0820. The quantitative estimate of drug-likeness (QED) is 0.889. The fraction of sp³-hybridized carbons (Fsp3) is 0.286. The highest BCUT2D eigenvalue weighted by molar-refractivity contribution is 7.15. The highest BCUT2D eigenvalue weighted by atomic mass is 32.1. The maximum Gasteiger partial charge on any atom is 0.412 e. The molecule has 1 amide bonds. The number of nitrogen functional groups attached to an aromatic ring is 1. The molecular weight excluding hydrogens is 274 g/mol. The zero-order chi connectivity index (χ0) is 13.9. The van der Waals surface area contributed by atoms with E-state index in [4.69, 9.17) is 10.5 Å². The first-order chi connectivity index (χ1) is 9.70. The number of nitrogens with one attached hydrogen (secondary N) is 1. The van der Waals surface area contributed by atoms with E-state index in [0.717, 1.165) is 25.0 Å². The zero-order valence-electron chi connectivity index (χ0n) is 10.8. The molecule has 0 bridgehead atoms. The van der Waals surface area contributed by atoms with Crippen molar-refractivity contribution in [1.82, 2.24) is 10.3 Å². The lowest BCUT2D eigenvalue weighted by Gasteiger charge is -2.21. The topological polar surface area (TPSA) is 77.2 Å². The van der Waals surface area contributed by atoms with Gasteiger partial charge < -0.3 is 15.8 Å². The van der Waals surface area contributed by atoms with E-state index in [1.165, 1.54) is 16.2 Å². The number of hydrogen-bond acceptors (Lipinski definition) is 5. The van der Waals surface area contributed by atoms with Gasteiger partial charge in [0.25, 0.3) is 0 Å². The maximum absolute atomic E-state index is 11.8. The molecule has 0 radical (unpaired) electrons. The Labute approximate surface area is 120 Å². The first-order valence-electron chi connectivity index (χ1n) is 6.48. The van der Waals surface area contributed by atoms with Crippen LogP contribution in [-0.4, -0.2) is 17.1 Å². The minimum atomic E-state index is -0.415. The van der Waals surface area contributed by atoms with Crippen LogP contribution in [0.25, 0.3) is 0 Å². The van der Waals surface area contributed by atoms with Gasteiger partial charge in [0.05, 0.1) is 5.69 Å². The van der Waals surface area contributed by atoms with Crippen LogP contribution in [0.4, 0.5) is 9.93 Å². The van der Waals surface area contributed by atoms with Crippen molar-refractivity contribution in [2.24, 2.45) is 0 Å². The largest absolute Gasteiger partial charge is 0.412 e. The number of carbonyl (C=O) groups excluding carboxylic acids is 1. The summed E-state index contributed by atoms with van der Waals surface area (Å²) in [6.45, 7) is 0. The number of thiazole rings is 1. The molecule has 6 heteroatoms. The zero-order valence-corrected chi connectivity index (χ0v) is 11.7. The van der Waals surface area contributed by atoms with Crippen molar-refractivity contribution < 1.29 is 9.53 Å². The molecular formula is C14H15N3O2S. The van der Waals surface area contributed by atoms with Gasteiger partial charge in [0.15, 0.2) is 5.13 Å². The van der Waals surface area contributed by atoms with Crippen molar-refractivity contribution in [3.8, 4) is 5.75 Å². The summed E-state index contributed by atoms with van der Waals surface area (Å²) in [5.41, 5.74) is 6.77. The van der Waals surface area contributed by atoms with Gasteiger partial charge >= 0.3 is 6.09 Å². The third-order valence-electron chi connectivity index (χ3n) is 3.23. The summed E-state index contributed by atoms with van der Waals surface area (Å²) in [4.78, 5) is 17.3. The van der Waals surface area contributed by atoms with E-state index in [0.29, 0.717) is 10.9 Å². The Kier molecular flexibility index (Phi) is 3.56. The Balaban J connectivity index is 1.58. The normalized spacial score (nSPS) is 17.3. The predicted molar refractivity (Wildman–Crippen MR) is 77.9 cm³/mol. The van der Waals surface area contributed by atoms with E-state index >= 15 is 0 Å². The molecule has 1 aromatic carbocycles. The maximum atomic E-state index is 11.8. The second-order valence-electron chi connectivity index (χ2n) is 4.71. The van der Waals surface area contributed by atoms with Crippen LogP contribution in [0, 0.1) is 0 Å². The number of para-hydroxylation sites is 1. The predicted octanol–water partition coefficient (Wildman–Crippen LogP) is 2.37. The molecule has 0 fully saturated rings. The number of anilines is 1. The summed E-state index contributed by atoms with van der Waals surface area (Å²) in [7, 11) is 0. The molecule has 1 heterocycles. The molecule has 0 aliphatic heterocycles. The van der Waals surface area contributed by atoms with E-state index in [1.54, 1.807) is 12.1 Å². The van der Waals surface area contributed by atoms with Gasteiger partial charge in [-0.25, -0.2) is 9.78 Å². The fourth-order valence-electron chi connectivity index (χ4n) is 2.31. The van der Waals surface area contributed by atoms with Crippen molar-refractivity contribution in [2.45, 2.75) is 25.3 Å². The Morgan fingerprint density at radius 1 is 1.40 bits per heavy atom. The van der Waals surface area contributed by atoms with Crippen molar-refractivity contribution in [2.75, 3.05) is 5.73 Å². The van der Waals surface area contributed by atoms with Crippen LogP contribution < -0.4 is 15.8 Å². The summed E-state index contributed by atoms with van der Waals surface area (Å²) in [6.07, 6.45) is 2.06. The van der Waals surface area contributed by atoms with Crippen molar-refractivity contribution in [3.05, 3.63) is 40.9 Å². The third-order valence-corrected chi connectivity index (χ3v) is 4.18. The molecule has 1 atom stereocenters. The molecule has 3 N–H and O–H groups in total. The minimum Gasteiger partial charge on any atom is -0.410 e. The van der Waals surface area contributed by atoms with E-state index in [2.05, 4.69) is 10.3 Å². The molecule has 20 heavy (non-hydrogen) atoms. The van der Waals surface area contributed by atoms with E-state index in [9.17, 15) is 4.79 Å². The number of benzene rings is 1. The molecule has 1 aromatic heterocycles. The second-order valence-corrected chi connectivity index (χ2v) is 5.82. The monoisotopic (exact) mass is 289 g/mol. The average molecular weight is 289 g/mol. The van der Waals surface area contributed by atoms with Gasteiger partial charge in [-0.1, -0.05) is 18.2 Å². The Morgan fingerprint density at radius 2 is 2.20 bits per heavy atom. The van der Waals surface area contributed by atoms with Gasteiger partial charge in [-0.3, -0.25) is 0 Å². The van der Waals surface area contributed by atoms with Crippen molar-refractivity contribution in [3.63, 3.8) is 0 Å². The van der Waals surface area contributed by atoms with Gasteiger partial charge in [0, 0.05) is 17.3 Å². The van der Waals surface area contributed by atoms with Crippen LogP contribution >= 0.6 is 11.3 Å². The fourth-order valence-corrected chi connectivity index (χ4v) is 3.27. The van der Waals surface area contributed by atoms with Crippen molar-refractivity contribution >= 4 is 22.6 Å². The lowest BCUT2D eigenvalue weighted by Crippen LogP contribution is -2.40. The number of aromatic nitrogens is 1. The van der Waals surface area contributed by atoms with Crippen LogP contribution in [0.2, 0.25) is 0 Å². The van der Waals surface area contributed by atoms with Crippen LogP contribution in [-0.2, 0) is 12.8 Å². The number of fused-ring (bicyclic) bond motifs is 1. The van der Waals surface area contributed by atoms with Gasteiger partial charge in [-0.15, -0.1) is 11.3 Å². The molecule has 3 rings (SSSR count). The van der Waals surface area contributed by atoms with E-state index in [-0.39, 0.29) is 6.04 Å². The van der Waals surface area contributed by atoms with Crippen LogP contribution in [0.1, 0.15) is 17.0 Å². The molecule has 0 saturated heterocycles. The molecule has 1 unspecified atom stereocenters. The highest BCUT2D eigenvalue weighted by Crippen LogP contribution is 2.28. The number of nitrogens with two attached hydrogens (primary N) is 1. The molecule has 1 aliphatic rings. The van der Waals surface area contributed by atoms with Gasteiger partial charge in [-0.2, -0.15) is 0 Å². The lowest BCUT2D eigenvalue weighted by atomic mass is 9.98. The van der Waals surface area contributed by atoms with E-state index in [1.807, 2.05) is 18.2 Å². The van der Waals surface area contributed by atoms with Gasteiger partial charge in [0.2, 0.25) is 0 Å². The van der Waals surface area contributed by atoms with Gasteiger partial charge in [-0.05, 0) is 25.0 Å². The number of rotatable bonds is 2. The van der Waals surface area contributed by atoms with Gasteiger partial charge in [0.1, 0.15) is 5.75 Å². The lowest BCUT2D eigenvalue weighted by molar-refractivity contribution is 0.194. The van der Waals surface area contributed by atoms with Crippen LogP contribution in [0.15, 0.2) is 30.3 Å². The molecule has 0 spiro atoms. The summed E-state index contributed by atoms with van der Waals surface area (Å²) < 4.78 is 5.22. The molecule has 104 valence electrons. The summed E-state index contributed by atoms with van der Waals surface area (Å²) >= 11 is 1.50. The molecule has 2 aromatic rings. The smallest absolute Gasteiger partial charge is 0.410 e. The van der Waals surface area contributed by atoms with Crippen molar-refractivity contribution in [1.29, 1.82) is 0 Å².